The van der Waals surface area contributed by atoms with E-state index in [0.29, 0.717) is 0 Å². The summed E-state index contributed by atoms with van der Waals surface area (Å²) in [4.78, 5) is 11.3. The summed E-state index contributed by atoms with van der Waals surface area (Å²) >= 11 is 1.69. The average Bonchev–Trinajstić information content (AvgIpc) is 2.94. The van der Waals surface area contributed by atoms with Gasteiger partial charge in [-0.25, -0.2) is 4.98 Å². The molecule has 1 saturated heterocycles. The maximum atomic E-state index is 4.50. The Balaban J connectivity index is 1.98. The molecular weight excluding hydrogens is 232 g/mol. The molecule has 4 nitrogen and oxygen atoms in total. The molecule has 0 aliphatic carbocycles. The normalized spacial score (nSPS) is 16.1. The van der Waals surface area contributed by atoms with Gasteiger partial charge in [-0.15, -0.1) is 0 Å². The van der Waals surface area contributed by atoms with Gasteiger partial charge in [0, 0.05) is 49.5 Å². The van der Waals surface area contributed by atoms with Gasteiger partial charge in [0.25, 0.3) is 0 Å². The lowest BCUT2D eigenvalue weighted by molar-refractivity contribution is 0.585. The molecule has 1 N–H and O–H groups in total. The quantitative estimate of drug-likeness (QED) is 0.874. The van der Waals surface area contributed by atoms with Crippen molar-refractivity contribution in [1.29, 1.82) is 0 Å². The molecule has 1 fully saturated rings. The zero-order chi connectivity index (χ0) is 11.5. The SMILES string of the molecule is c1cnc(N2CCNCC2)c(-c2ccsc2)n1. The lowest BCUT2D eigenvalue weighted by Crippen LogP contribution is -2.44. The van der Waals surface area contributed by atoms with E-state index in [4.69, 9.17) is 0 Å². The monoisotopic (exact) mass is 246 g/mol. The van der Waals surface area contributed by atoms with E-state index < -0.39 is 0 Å². The minimum atomic E-state index is 0.996. The fourth-order valence-electron chi connectivity index (χ4n) is 2.04. The van der Waals surface area contributed by atoms with Gasteiger partial charge in [0.05, 0.1) is 0 Å². The third kappa shape index (κ3) is 2.16. The summed E-state index contributed by atoms with van der Waals surface area (Å²) in [7, 11) is 0. The molecule has 1 aliphatic heterocycles. The summed E-state index contributed by atoms with van der Waals surface area (Å²) in [6.45, 7) is 4.02. The molecule has 0 radical (unpaired) electrons. The van der Waals surface area contributed by atoms with Crippen LogP contribution in [0, 0.1) is 0 Å². The molecule has 0 amide bonds. The van der Waals surface area contributed by atoms with Crippen LogP contribution in [0.2, 0.25) is 0 Å². The molecule has 0 aromatic carbocycles. The van der Waals surface area contributed by atoms with Crippen LogP contribution in [-0.2, 0) is 0 Å². The molecule has 0 spiro atoms. The predicted molar refractivity (Wildman–Crippen MR) is 70.4 cm³/mol. The van der Waals surface area contributed by atoms with Crippen LogP contribution in [0.5, 0.6) is 0 Å². The summed E-state index contributed by atoms with van der Waals surface area (Å²) in [6.07, 6.45) is 3.53. The minimum Gasteiger partial charge on any atom is -0.352 e. The second kappa shape index (κ2) is 4.81. The Morgan fingerprint density at radius 3 is 2.76 bits per heavy atom. The molecule has 2 aromatic heterocycles. The number of hydrogen-bond acceptors (Lipinski definition) is 5. The Bertz CT molecular complexity index is 477. The van der Waals surface area contributed by atoms with E-state index in [-0.39, 0.29) is 0 Å². The summed E-state index contributed by atoms with van der Waals surface area (Å²) in [5.41, 5.74) is 2.16. The number of thiophene rings is 1. The van der Waals surface area contributed by atoms with Gasteiger partial charge in [-0.1, -0.05) is 0 Å². The van der Waals surface area contributed by atoms with Crippen LogP contribution < -0.4 is 10.2 Å². The molecule has 0 bridgehead atoms. The second-order valence-corrected chi connectivity index (χ2v) is 4.76. The molecule has 0 saturated carbocycles. The van der Waals surface area contributed by atoms with E-state index >= 15 is 0 Å². The van der Waals surface area contributed by atoms with Gasteiger partial charge in [-0.05, 0) is 11.4 Å². The third-order valence-corrected chi connectivity index (χ3v) is 3.57. The highest BCUT2D eigenvalue weighted by molar-refractivity contribution is 7.08. The molecule has 0 atom stereocenters. The van der Waals surface area contributed by atoms with Gasteiger partial charge in [0.1, 0.15) is 5.69 Å². The van der Waals surface area contributed by atoms with Gasteiger partial charge in [-0.2, -0.15) is 11.3 Å². The lowest BCUT2D eigenvalue weighted by atomic mass is 10.2. The fourth-order valence-corrected chi connectivity index (χ4v) is 2.68. The second-order valence-electron chi connectivity index (χ2n) is 3.98. The fraction of sp³-hybridized carbons (Fsp3) is 0.333. The van der Waals surface area contributed by atoms with Crippen LogP contribution in [-0.4, -0.2) is 36.1 Å². The standard InChI is InChI=1S/C12H14N4S/c1-8-17-9-10(1)11-12(15-3-2-14-11)16-6-4-13-5-7-16/h1-3,8-9,13H,4-7H2. The number of nitrogens with zero attached hydrogens (tertiary/aromatic N) is 3. The highest BCUT2D eigenvalue weighted by Crippen LogP contribution is 2.28. The maximum Gasteiger partial charge on any atom is 0.155 e. The number of anilines is 1. The highest BCUT2D eigenvalue weighted by Gasteiger charge is 2.17. The zero-order valence-electron chi connectivity index (χ0n) is 9.47. The maximum absolute atomic E-state index is 4.50. The summed E-state index contributed by atoms with van der Waals surface area (Å²) in [5.74, 6) is 1.01. The molecule has 17 heavy (non-hydrogen) atoms. The van der Waals surface area contributed by atoms with Crippen molar-refractivity contribution in [3.05, 3.63) is 29.2 Å². The van der Waals surface area contributed by atoms with Crippen molar-refractivity contribution < 1.29 is 0 Å². The largest absolute Gasteiger partial charge is 0.352 e. The Kier molecular flexibility index (Phi) is 3.02. The van der Waals surface area contributed by atoms with Gasteiger partial charge in [-0.3, -0.25) is 4.98 Å². The Hall–Kier alpha value is -1.46. The van der Waals surface area contributed by atoms with Crippen molar-refractivity contribution in [2.24, 2.45) is 0 Å². The smallest absolute Gasteiger partial charge is 0.155 e. The molecule has 2 aromatic rings. The van der Waals surface area contributed by atoms with E-state index in [2.05, 4.69) is 37.0 Å². The summed E-state index contributed by atoms with van der Waals surface area (Å²) < 4.78 is 0. The van der Waals surface area contributed by atoms with E-state index in [1.807, 2.05) is 0 Å². The van der Waals surface area contributed by atoms with Crippen molar-refractivity contribution in [1.82, 2.24) is 15.3 Å². The van der Waals surface area contributed by atoms with E-state index in [0.717, 1.165) is 43.3 Å². The first-order valence-corrected chi connectivity index (χ1v) is 6.69. The van der Waals surface area contributed by atoms with Crippen LogP contribution in [0.3, 0.4) is 0 Å². The third-order valence-electron chi connectivity index (χ3n) is 2.89. The van der Waals surface area contributed by atoms with Crippen LogP contribution in [0.1, 0.15) is 0 Å². The molecule has 5 heteroatoms. The number of aromatic nitrogens is 2. The molecule has 3 rings (SSSR count). The molecule has 3 heterocycles. The Morgan fingerprint density at radius 2 is 2.00 bits per heavy atom. The first-order chi connectivity index (χ1) is 8.45. The first kappa shape index (κ1) is 10.7. The van der Waals surface area contributed by atoms with Gasteiger partial charge in [0.15, 0.2) is 5.82 Å². The minimum absolute atomic E-state index is 0.996. The van der Waals surface area contributed by atoms with Gasteiger partial charge in [0.2, 0.25) is 0 Å². The van der Waals surface area contributed by atoms with Crippen molar-refractivity contribution in [2.75, 3.05) is 31.1 Å². The topological polar surface area (TPSA) is 41.1 Å². The van der Waals surface area contributed by atoms with Crippen LogP contribution in [0.15, 0.2) is 29.2 Å². The Morgan fingerprint density at radius 1 is 1.18 bits per heavy atom. The van der Waals surface area contributed by atoms with Crippen LogP contribution >= 0.6 is 11.3 Å². The zero-order valence-corrected chi connectivity index (χ0v) is 10.3. The molecular formula is C12H14N4S. The van der Waals surface area contributed by atoms with Crippen molar-refractivity contribution in [2.45, 2.75) is 0 Å². The number of hydrogen-bond donors (Lipinski definition) is 1. The van der Waals surface area contributed by atoms with Crippen molar-refractivity contribution >= 4 is 17.2 Å². The molecule has 0 unspecified atom stereocenters. The predicted octanol–water partition coefficient (Wildman–Crippen LogP) is 1.61. The van der Waals surface area contributed by atoms with Gasteiger partial charge < -0.3 is 10.2 Å². The first-order valence-electron chi connectivity index (χ1n) is 5.74. The number of nitrogens with one attached hydrogen (secondary N) is 1. The van der Waals surface area contributed by atoms with E-state index in [9.17, 15) is 0 Å². The molecule has 88 valence electrons. The van der Waals surface area contributed by atoms with Crippen LogP contribution in [0.25, 0.3) is 11.3 Å². The number of piperazine rings is 1. The van der Waals surface area contributed by atoms with Gasteiger partial charge >= 0.3 is 0 Å². The summed E-state index contributed by atoms with van der Waals surface area (Å²) in [5, 5.41) is 7.55. The Labute approximate surface area is 104 Å². The lowest BCUT2D eigenvalue weighted by Gasteiger charge is -2.29. The van der Waals surface area contributed by atoms with E-state index in [1.165, 1.54) is 0 Å². The van der Waals surface area contributed by atoms with Crippen LogP contribution in [0.4, 0.5) is 5.82 Å². The average molecular weight is 246 g/mol. The van der Waals surface area contributed by atoms with Crippen molar-refractivity contribution in [3.63, 3.8) is 0 Å². The highest BCUT2D eigenvalue weighted by atomic mass is 32.1. The molecule has 1 aliphatic rings. The van der Waals surface area contributed by atoms with Crippen molar-refractivity contribution in [3.8, 4) is 11.3 Å². The summed E-state index contributed by atoms with van der Waals surface area (Å²) in [6, 6.07) is 2.10. The van der Waals surface area contributed by atoms with E-state index in [1.54, 1.807) is 23.7 Å². The number of rotatable bonds is 2.